The Balaban J connectivity index is 2.39. The second kappa shape index (κ2) is 6.42. The minimum absolute atomic E-state index is 0.131. The molecule has 1 fully saturated rings. The van der Waals surface area contributed by atoms with Crippen LogP contribution in [0, 0.1) is 0 Å². The molecule has 1 aromatic carbocycles. The van der Waals surface area contributed by atoms with E-state index in [0.29, 0.717) is 34.8 Å². The largest absolute Gasteiger partial charge is 0.398 e. The molecule has 2 N–H and O–H groups in total. The molecule has 1 heterocycles. The summed E-state index contributed by atoms with van der Waals surface area (Å²) in [6.07, 6.45) is 0.904. The SMILES string of the molecule is CCC1CN(S(=O)(=O)c2cc(Cl)cc(N)c2Br)CCN1C. The molecule has 21 heavy (non-hydrogen) atoms. The number of nitrogens with two attached hydrogens (primary N) is 1. The average Bonchev–Trinajstić information content (AvgIpc) is 2.42. The molecule has 0 saturated carbocycles. The van der Waals surface area contributed by atoms with Gasteiger partial charge in [0.1, 0.15) is 0 Å². The molecule has 2 rings (SSSR count). The van der Waals surface area contributed by atoms with Crippen molar-refractivity contribution in [2.75, 3.05) is 32.4 Å². The second-order valence-corrected chi connectivity index (χ2v) is 8.35. The van der Waals surface area contributed by atoms with Crippen molar-refractivity contribution < 1.29 is 8.42 Å². The van der Waals surface area contributed by atoms with Crippen LogP contribution >= 0.6 is 27.5 Å². The van der Waals surface area contributed by atoms with Crippen LogP contribution in [0.4, 0.5) is 5.69 Å². The molecule has 1 atom stereocenters. The lowest BCUT2D eigenvalue weighted by Crippen LogP contribution is -2.52. The zero-order valence-corrected chi connectivity index (χ0v) is 15.2. The number of piperazine rings is 1. The van der Waals surface area contributed by atoms with E-state index in [-0.39, 0.29) is 10.9 Å². The van der Waals surface area contributed by atoms with Crippen molar-refractivity contribution in [3.63, 3.8) is 0 Å². The molecule has 1 saturated heterocycles. The Morgan fingerprint density at radius 2 is 2.10 bits per heavy atom. The number of hydrogen-bond acceptors (Lipinski definition) is 4. The Bertz CT molecular complexity index is 639. The summed E-state index contributed by atoms with van der Waals surface area (Å²) in [5.41, 5.74) is 6.12. The van der Waals surface area contributed by atoms with Crippen molar-refractivity contribution in [1.82, 2.24) is 9.21 Å². The summed E-state index contributed by atoms with van der Waals surface area (Å²) in [7, 11) is -1.59. The number of hydrogen-bond donors (Lipinski definition) is 1. The number of nitrogen functional groups attached to an aromatic ring is 1. The monoisotopic (exact) mass is 395 g/mol. The zero-order valence-electron chi connectivity index (χ0n) is 12.0. The van der Waals surface area contributed by atoms with Gasteiger partial charge in [-0.3, -0.25) is 0 Å². The van der Waals surface area contributed by atoms with E-state index in [2.05, 4.69) is 27.8 Å². The number of halogens is 2. The van der Waals surface area contributed by atoms with Gasteiger partial charge in [0.15, 0.2) is 0 Å². The van der Waals surface area contributed by atoms with Crippen molar-refractivity contribution >= 4 is 43.2 Å². The Morgan fingerprint density at radius 3 is 2.71 bits per heavy atom. The molecule has 0 bridgehead atoms. The van der Waals surface area contributed by atoms with Gasteiger partial charge in [0, 0.05) is 36.4 Å². The van der Waals surface area contributed by atoms with Gasteiger partial charge in [0.05, 0.1) is 9.37 Å². The first-order valence-electron chi connectivity index (χ1n) is 6.72. The topological polar surface area (TPSA) is 66.6 Å². The van der Waals surface area contributed by atoms with Crippen LogP contribution in [0.15, 0.2) is 21.5 Å². The molecule has 0 aliphatic carbocycles. The Morgan fingerprint density at radius 1 is 1.43 bits per heavy atom. The maximum Gasteiger partial charge on any atom is 0.244 e. The van der Waals surface area contributed by atoms with Crippen LogP contribution in [0.2, 0.25) is 5.02 Å². The van der Waals surface area contributed by atoms with Gasteiger partial charge in [0.2, 0.25) is 10.0 Å². The molecule has 5 nitrogen and oxygen atoms in total. The van der Waals surface area contributed by atoms with Crippen LogP contribution in [0.3, 0.4) is 0 Å². The smallest absolute Gasteiger partial charge is 0.244 e. The molecule has 1 aliphatic rings. The summed E-state index contributed by atoms with van der Waals surface area (Å²) >= 11 is 9.22. The third-order valence-electron chi connectivity index (χ3n) is 3.86. The van der Waals surface area contributed by atoms with E-state index in [4.69, 9.17) is 17.3 Å². The van der Waals surface area contributed by atoms with Crippen LogP contribution < -0.4 is 5.73 Å². The van der Waals surface area contributed by atoms with Gasteiger partial charge < -0.3 is 10.6 Å². The summed E-state index contributed by atoms with van der Waals surface area (Å²) < 4.78 is 27.6. The Hall–Kier alpha value is -0.340. The minimum Gasteiger partial charge on any atom is -0.398 e. The first kappa shape index (κ1) is 17.0. The van der Waals surface area contributed by atoms with E-state index in [1.807, 2.05) is 7.05 Å². The fourth-order valence-electron chi connectivity index (χ4n) is 2.49. The molecular weight excluding hydrogens is 378 g/mol. The number of anilines is 1. The van der Waals surface area contributed by atoms with Gasteiger partial charge in [-0.15, -0.1) is 0 Å². The highest BCUT2D eigenvalue weighted by molar-refractivity contribution is 9.10. The maximum absolute atomic E-state index is 12.8. The van der Waals surface area contributed by atoms with Gasteiger partial charge in [-0.05, 0) is 41.5 Å². The van der Waals surface area contributed by atoms with Crippen LogP contribution in [0.25, 0.3) is 0 Å². The first-order valence-corrected chi connectivity index (χ1v) is 9.33. The van der Waals surface area contributed by atoms with E-state index < -0.39 is 10.0 Å². The third kappa shape index (κ3) is 3.37. The summed E-state index contributed by atoms with van der Waals surface area (Å²) in [4.78, 5) is 2.32. The van der Waals surface area contributed by atoms with Crippen molar-refractivity contribution in [2.24, 2.45) is 0 Å². The lowest BCUT2D eigenvalue weighted by atomic mass is 10.1. The normalized spacial score (nSPS) is 21.6. The quantitative estimate of drug-likeness (QED) is 0.797. The van der Waals surface area contributed by atoms with E-state index in [9.17, 15) is 8.42 Å². The molecule has 0 spiro atoms. The number of rotatable bonds is 3. The molecule has 1 unspecified atom stereocenters. The van der Waals surface area contributed by atoms with Gasteiger partial charge in [-0.2, -0.15) is 4.31 Å². The standard InChI is InChI=1S/C13H19BrClN3O2S/c1-3-10-8-18(5-4-17(10)2)21(19,20)12-7-9(15)6-11(16)13(12)14/h6-7,10H,3-5,8,16H2,1-2H3. The molecule has 118 valence electrons. The van der Waals surface area contributed by atoms with Gasteiger partial charge >= 0.3 is 0 Å². The van der Waals surface area contributed by atoms with Crippen molar-refractivity contribution in [3.8, 4) is 0 Å². The Kier molecular flexibility index (Phi) is 5.20. The highest BCUT2D eigenvalue weighted by atomic mass is 79.9. The molecule has 0 radical (unpaired) electrons. The van der Waals surface area contributed by atoms with Crippen molar-refractivity contribution in [2.45, 2.75) is 24.3 Å². The summed E-state index contributed by atoms with van der Waals surface area (Å²) in [5.74, 6) is 0. The maximum atomic E-state index is 12.8. The summed E-state index contributed by atoms with van der Waals surface area (Å²) in [6.45, 7) is 3.72. The Labute approximate surface area is 139 Å². The minimum atomic E-state index is -3.61. The van der Waals surface area contributed by atoms with Gasteiger partial charge in [0.25, 0.3) is 0 Å². The molecule has 8 heteroatoms. The lowest BCUT2D eigenvalue weighted by Gasteiger charge is -2.38. The van der Waals surface area contributed by atoms with E-state index >= 15 is 0 Å². The lowest BCUT2D eigenvalue weighted by molar-refractivity contribution is 0.144. The zero-order chi connectivity index (χ0) is 15.8. The van der Waals surface area contributed by atoms with Gasteiger partial charge in [-0.25, -0.2) is 8.42 Å². The van der Waals surface area contributed by atoms with Gasteiger partial charge in [-0.1, -0.05) is 18.5 Å². The summed E-state index contributed by atoms with van der Waals surface area (Å²) in [6, 6.07) is 3.20. The third-order valence-corrected chi connectivity index (χ3v) is 7.12. The van der Waals surface area contributed by atoms with E-state index in [0.717, 1.165) is 6.42 Å². The fourth-order valence-corrected chi connectivity index (χ4v) is 5.21. The number of sulfonamides is 1. The van der Waals surface area contributed by atoms with Crippen LogP contribution in [0.5, 0.6) is 0 Å². The van der Waals surface area contributed by atoms with E-state index in [1.165, 1.54) is 16.4 Å². The summed E-state index contributed by atoms with van der Waals surface area (Å²) in [5, 5.41) is 0.315. The predicted molar refractivity (Wildman–Crippen MR) is 89.0 cm³/mol. The average molecular weight is 397 g/mol. The number of likely N-dealkylation sites (N-methyl/N-ethyl adjacent to an activating group) is 1. The van der Waals surface area contributed by atoms with Crippen molar-refractivity contribution in [1.29, 1.82) is 0 Å². The molecule has 1 aromatic rings. The molecule has 0 aromatic heterocycles. The number of benzene rings is 1. The first-order chi connectivity index (χ1) is 9.77. The van der Waals surface area contributed by atoms with Crippen LogP contribution in [-0.2, 0) is 10.0 Å². The van der Waals surface area contributed by atoms with Crippen molar-refractivity contribution in [3.05, 3.63) is 21.6 Å². The highest BCUT2D eigenvalue weighted by Gasteiger charge is 2.33. The number of nitrogens with zero attached hydrogens (tertiary/aromatic N) is 2. The van der Waals surface area contributed by atoms with Crippen LogP contribution in [0.1, 0.15) is 13.3 Å². The second-order valence-electron chi connectivity index (χ2n) is 5.21. The fraction of sp³-hybridized carbons (Fsp3) is 0.538. The highest BCUT2D eigenvalue weighted by Crippen LogP contribution is 2.34. The van der Waals surface area contributed by atoms with E-state index in [1.54, 1.807) is 0 Å². The molecular formula is C13H19BrClN3O2S. The van der Waals surface area contributed by atoms with Crippen LogP contribution in [-0.4, -0.2) is 50.3 Å². The molecule has 1 aliphatic heterocycles. The molecule has 0 amide bonds. The predicted octanol–water partition coefficient (Wildman–Crippen LogP) is 2.40.